The third kappa shape index (κ3) is 5.59. The van der Waals surface area contributed by atoms with Crippen LogP contribution in [0, 0.1) is 10.1 Å². The number of carbonyl (C=O) groups is 2. The predicted octanol–water partition coefficient (Wildman–Crippen LogP) is 2.04. The molecular weight excluding hydrogens is 338 g/mol. The third-order valence-electron chi connectivity index (χ3n) is 3.60. The Balaban J connectivity index is 1.73. The van der Waals surface area contributed by atoms with Crippen LogP contribution in [0.2, 0.25) is 0 Å². The van der Waals surface area contributed by atoms with Gasteiger partial charge in [-0.05, 0) is 29.8 Å². The van der Waals surface area contributed by atoms with Gasteiger partial charge in [0, 0.05) is 37.2 Å². The van der Waals surface area contributed by atoms with Gasteiger partial charge >= 0.3 is 0 Å². The second kappa shape index (κ2) is 9.16. The molecule has 0 bridgehead atoms. The number of hydrogen-bond acceptors (Lipinski definition) is 5. The van der Waals surface area contributed by atoms with Crippen molar-refractivity contribution in [3.05, 3.63) is 69.8 Å². The van der Waals surface area contributed by atoms with Gasteiger partial charge in [0.2, 0.25) is 5.91 Å². The standard InChI is InChI=1S/C18H19N3O5/c1-26-16-4-2-3-13(11-16)12-20-17(22)9-10-19-18(23)14-5-7-15(8-6-14)21(24)25/h2-8,11H,9-10,12H2,1H3,(H,19,23)(H,20,22). The minimum absolute atomic E-state index is 0.0847. The molecule has 0 radical (unpaired) electrons. The van der Waals surface area contributed by atoms with Gasteiger partial charge < -0.3 is 15.4 Å². The van der Waals surface area contributed by atoms with E-state index >= 15 is 0 Å². The molecule has 8 heteroatoms. The Hall–Kier alpha value is -3.42. The fraction of sp³-hybridized carbons (Fsp3) is 0.222. The van der Waals surface area contributed by atoms with Crippen LogP contribution in [0.1, 0.15) is 22.3 Å². The number of nitro groups is 1. The van der Waals surface area contributed by atoms with Gasteiger partial charge in [0.15, 0.2) is 0 Å². The molecule has 0 aliphatic carbocycles. The average Bonchev–Trinajstić information content (AvgIpc) is 2.66. The summed E-state index contributed by atoms with van der Waals surface area (Å²) in [4.78, 5) is 33.8. The minimum Gasteiger partial charge on any atom is -0.497 e. The summed E-state index contributed by atoms with van der Waals surface area (Å²) in [6, 6.07) is 12.6. The monoisotopic (exact) mass is 357 g/mol. The molecule has 26 heavy (non-hydrogen) atoms. The van der Waals surface area contributed by atoms with Gasteiger partial charge in [-0.1, -0.05) is 12.1 Å². The number of ether oxygens (including phenoxy) is 1. The maximum absolute atomic E-state index is 11.9. The summed E-state index contributed by atoms with van der Waals surface area (Å²) in [7, 11) is 1.57. The molecule has 0 saturated carbocycles. The number of hydrogen-bond donors (Lipinski definition) is 2. The van der Waals surface area contributed by atoms with Crippen LogP contribution in [0.25, 0.3) is 0 Å². The largest absolute Gasteiger partial charge is 0.497 e. The Morgan fingerprint density at radius 2 is 1.85 bits per heavy atom. The summed E-state index contributed by atoms with van der Waals surface area (Å²) < 4.78 is 5.12. The Kier molecular flexibility index (Phi) is 6.67. The first-order valence-corrected chi connectivity index (χ1v) is 7.92. The van der Waals surface area contributed by atoms with Crippen molar-refractivity contribution < 1.29 is 19.2 Å². The van der Waals surface area contributed by atoms with Gasteiger partial charge in [0.05, 0.1) is 12.0 Å². The average molecular weight is 357 g/mol. The molecule has 2 amide bonds. The number of amides is 2. The quantitative estimate of drug-likeness (QED) is 0.555. The molecule has 0 saturated heterocycles. The fourth-order valence-corrected chi connectivity index (χ4v) is 2.20. The summed E-state index contributed by atoms with van der Waals surface area (Å²) in [5.41, 5.74) is 1.12. The van der Waals surface area contributed by atoms with E-state index in [1.165, 1.54) is 24.3 Å². The highest BCUT2D eigenvalue weighted by Gasteiger charge is 2.10. The molecule has 8 nitrogen and oxygen atoms in total. The molecule has 0 aliphatic rings. The Morgan fingerprint density at radius 1 is 1.12 bits per heavy atom. The number of nitrogens with zero attached hydrogens (tertiary/aromatic N) is 1. The lowest BCUT2D eigenvalue weighted by atomic mass is 10.2. The van der Waals surface area contributed by atoms with Crippen LogP contribution in [0.5, 0.6) is 5.75 Å². The third-order valence-corrected chi connectivity index (χ3v) is 3.60. The van der Waals surface area contributed by atoms with Crippen molar-refractivity contribution in [3.63, 3.8) is 0 Å². The second-order valence-corrected chi connectivity index (χ2v) is 5.44. The van der Waals surface area contributed by atoms with Crippen LogP contribution in [-0.2, 0) is 11.3 Å². The molecule has 0 atom stereocenters. The highest BCUT2D eigenvalue weighted by Crippen LogP contribution is 2.12. The molecule has 2 aromatic rings. The smallest absolute Gasteiger partial charge is 0.269 e. The van der Waals surface area contributed by atoms with E-state index in [0.29, 0.717) is 17.9 Å². The van der Waals surface area contributed by atoms with Crippen molar-refractivity contribution in [1.82, 2.24) is 10.6 Å². The van der Waals surface area contributed by atoms with Crippen molar-refractivity contribution in [2.24, 2.45) is 0 Å². The van der Waals surface area contributed by atoms with Gasteiger partial charge in [-0.25, -0.2) is 0 Å². The number of carbonyl (C=O) groups excluding carboxylic acids is 2. The Labute approximate surface area is 150 Å². The number of rotatable bonds is 8. The molecule has 0 spiro atoms. The zero-order valence-electron chi connectivity index (χ0n) is 14.2. The SMILES string of the molecule is COc1cccc(CNC(=O)CCNC(=O)c2ccc([N+](=O)[O-])cc2)c1. The van der Waals surface area contributed by atoms with Crippen LogP contribution < -0.4 is 15.4 Å². The predicted molar refractivity (Wildman–Crippen MR) is 94.9 cm³/mol. The number of nitrogens with one attached hydrogen (secondary N) is 2. The second-order valence-electron chi connectivity index (χ2n) is 5.44. The van der Waals surface area contributed by atoms with E-state index in [1.54, 1.807) is 7.11 Å². The summed E-state index contributed by atoms with van der Waals surface area (Å²) in [5.74, 6) is 0.129. The van der Waals surface area contributed by atoms with Crippen molar-refractivity contribution in [1.29, 1.82) is 0 Å². The van der Waals surface area contributed by atoms with E-state index in [-0.39, 0.29) is 30.5 Å². The molecule has 0 unspecified atom stereocenters. The molecular formula is C18H19N3O5. The van der Waals surface area contributed by atoms with E-state index < -0.39 is 4.92 Å². The minimum atomic E-state index is -0.533. The van der Waals surface area contributed by atoms with E-state index in [2.05, 4.69) is 10.6 Å². The van der Waals surface area contributed by atoms with Crippen LogP contribution in [0.3, 0.4) is 0 Å². The van der Waals surface area contributed by atoms with Crippen molar-refractivity contribution in [2.75, 3.05) is 13.7 Å². The number of benzene rings is 2. The van der Waals surface area contributed by atoms with E-state index in [1.807, 2.05) is 24.3 Å². The van der Waals surface area contributed by atoms with E-state index in [9.17, 15) is 19.7 Å². The van der Waals surface area contributed by atoms with Crippen LogP contribution in [0.15, 0.2) is 48.5 Å². The van der Waals surface area contributed by atoms with Crippen molar-refractivity contribution >= 4 is 17.5 Å². The van der Waals surface area contributed by atoms with Crippen molar-refractivity contribution in [2.45, 2.75) is 13.0 Å². The van der Waals surface area contributed by atoms with Gasteiger partial charge in [-0.15, -0.1) is 0 Å². The number of nitro benzene ring substituents is 1. The summed E-state index contributed by atoms with van der Waals surface area (Å²) in [6.07, 6.45) is 0.128. The normalized spacial score (nSPS) is 10.0. The van der Waals surface area contributed by atoms with E-state index in [4.69, 9.17) is 4.74 Å². The molecule has 0 aliphatic heterocycles. The molecule has 2 aromatic carbocycles. The van der Waals surface area contributed by atoms with Gasteiger partial charge in [0.25, 0.3) is 11.6 Å². The Morgan fingerprint density at radius 3 is 2.50 bits per heavy atom. The van der Waals surface area contributed by atoms with Crippen LogP contribution >= 0.6 is 0 Å². The topological polar surface area (TPSA) is 111 Å². The molecule has 0 aromatic heterocycles. The number of non-ortho nitro benzene ring substituents is 1. The molecule has 0 heterocycles. The maximum atomic E-state index is 11.9. The lowest BCUT2D eigenvalue weighted by molar-refractivity contribution is -0.384. The first-order chi connectivity index (χ1) is 12.5. The lowest BCUT2D eigenvalue weighted by Gasteiger charge is -2.08. The fourth-order valence-electron chi connectivity index (χ4n) is 2.20. The van der Waals surface area contributed by atoms with Crippen LogP contribution in [0.4, 0.5) is 5.69 Å². The molecule has 136 valence electrons. The molecule has 2 N–H and O–H groups in total. The lowest BCUT2D eigenvalue weighted by Crippen LogP contribution is -2.30. The summed E-state index contributed by atoms with van der Waals surface area (Å²) >= 11 is 0. The zero-order valence-corrected chi connectivity index (χ0v) is 14.2. The zero-order chi connectivity index (χ0) is 18.9. The first-order valence-electron chi connectivity index (χ1n) is 7.92. The van der Waals surface area contributed by atoms with Gasteiger partial charge in [0.1, 0.15) is 5.75 Å². The van der Waals surface area contributed by atoms with Crippen LogP contribution in [-0.4, -0.2) is 30.4 Å². The summed E-state index contributed by atoms with van der Waals surface area (Å²) in [5, 5.41) is 16.0. The highest BCUT2D eigenvalue weighted by molar-refractivity contribution is 5.94. The Bertz CT molecular complexity index is 790. The van der Waals surface area contributed by atoms with Crippen molar-refractivity contribution in [3.8, 4) is 5.75 Å². The number of methoxy groups -OCH3 is 1. The van der Waals surface area contributed by atoms with Gasteiger partial charge in [-0.3, -0.25) is 19.7 Å². The van der Waals surface area contributed by atoms with Gasteiger partial charge in [-0.2, -0.15) is 0 Å². The van der Waals surface area contributed by atoms with E-state index in [0.717, 1.165) is 5.56 Å². The molecule has 0 fully saturated rings. The molecule has 2 rings (SSSR count). The maximum Gasteiger partial charge on any atom is 0.269 e. The summed E-state index contributed by atoms with van der Waals surface area (Å²) in [6.45, 7) is 0.534. The first kappa shape index (κ1) is 18.9. The highest BCUT2D eigenvalue weighted by atomic mass is 16.6.